The Hall–Kier alpha value is -3.30. The van der Waals surface area contributed by atoms with E-state index in [9.17, 15) is 14.4 Å². The molecule has 0 saturated carbocycles. The zero-order valence-corrected chi connectivity index (χ0v) is 10.7. The standard InChI is InChI=1S/C11H11N7O3/c19-8(16-14-5-7-2-1-3-12-4-7)6-13-9-10(20)15-11(21)18-17-9/h1-5H,6H2,(H,13,17)(H,16,19)(H2,15,18,20,21). The number of nitrogens with zero attached hydrogens (tertiary/aromatic N) is 3. The number of anilines is 1. The molecule has 0 aliphatic heterocycles. The second kappa shape index (κ2) is 6.75. The van der Waals surface area contributed by atoms with Gasteiger partial charge < -0.3 is 5.32 Å². The molecule has 0 fully saturated rings. The van der Waals surface area contributed by atoms with Crippen molar-refractivity contribution >= 4 is 17.9 Å². The molecule has 0 bridgehead atoms. The van der Waals surface area contributed by atoms with Gasteiger partial charge in [0.2, 0.25) is 5.82 Å². The summed E-state index contributed by atoms with van der Waals surface area (Å²) in [4.78, 5) is 39.4. The molecule has 10 nitrogen and oxygen atoms in total. The molecule has 0 radical (unpaired) electrons. The molecule has 2 rings (SSSR count). The Morgan fingerprint density at radius 3 is 3.00 bits per heavy atom. The summed E-state index contributed by atoms with van der Waals surface area (Å²) >= 11 is 0. The minimum Gasteiger partial charge on any atom is -0.355 e. The van der Waals surface area contributed by atoms with Gasteiger partial charge in [-0.05, 0) is 6.07 Å². The van der Waals surface area contributed by atoms with Crippen LogP contribution in [0.4, 0.5) is 5.82 Å². The number of hydrazone groups is 1. The van der Waals surface area contributed by atoms with E-state index in [-0.39, 0.29) is 12.4 Å². The van der Waals surface area contributed by atoms with E-state index in [1.807, 2.05) is 10.1 Å². The van der Waals surface area contributed by atoms with Crippen LogP contribution < -0.4 is 22.0 Å². The van der Waals surface area contributed by atoms with Crippen molar-refractivity contribution in [2.45, 2.75) is 0 Å². The number of amides is 1. The molecule has 0 atom stereocenters. The third kappa shape index (κ3) is 4.38. The maximum Gasteiger partial charge on any atom is 0.342 e. The summed E-state index contributed by atoms with van der Waals surface area (Å²) in [5.74, 6) is -0.650. The fourth-order valence-corrected chi connectivity index (χ4v) is 1.30. The number of carbonyl (C=O) groups excluding carboxylic acids is 1. The van der Waals surface area contributed by atoms with Crippen molar-refractivity contribution in [1.82, 2.24) is 25.6 Å². The van der Waals surface area contributed by atoms with Crippen molar-refractivity contribution in [2.24, 2.45) is 5.10 Å². The highest BCUT2D eigenvalue weighted by Crippen LogP contribution is 1.89. The molecule has 2 heterocycles. The highest BCUT2D eigenvalue weighted by Gasteiger charge is 2.04. The summed E-state index contributed by atoms with van der Waals surface area (Å²) in [5.41, 5.74) is 1.54. The lowest BCUT2D eigenvalue weighted by molar-refractivity contribution is -0.119. The summed E-state index contributed by atoms with van der Waals surface area (Å²) in [5, 5.41) is 11.7. The lowest BCUT2D eigenvalue weighted by Crippen LogP contribution is -2.31. The van der Waals surface area contributed by atoms with Crippen molar-refractivity contribution in [3.05, 3.63) is 50.9 Å². The summed E-state index contributed by atoms with van der Waals surface area (Å²) in [7, 11) is 0. The number of nitrogens with one attached hydrogen (secondary N) is 4. The smallest absolute Gasteiger partial charge is 0.342 e. The van der Waals surface area contributed by atoms with E-state index in [1.54, 1.807) is 24.5 Å². The molecule has 0 aromatic carbocycles. The molecule has 1 amide bonds. The van der Waals surface area contributed by atoms with Crippen LogP contribution in [0.1, 0.15) is 5.56 Å². The quantitative estimate of drug-likeness (QED) is 0.386. The molecule has 10 heteroatoms. The molecular weight excluding hydrogens is 278 g/mol. The number of aromatic amines is 2. The average Bonchev–Trinajstić information content (AvgIpc) is 2.47. The lowest BCUT2D eigenvalue weighted by atomic mass is 10.3. The largest absolute Gasteiger partial charge is 0.355 e. The first-order valence-corrected chi connectivity index (χ1v) is 5.80. The SMILES string of the molecule is O=C(CNc1n[nH]c(=O)[nH]c1=O)NN=Cc1cccnc1. The second-order valence-electron chi connectivity index (χ2n) is 3.79. The number of carbonyl (C=O) groups is 1. The van der Waals surface area contributed by atoms with Crippen molar-refractivity contribution in [3.63, 3.8) is 0 Å². The number of pyridine rings is 1. The van der Waals surface area contributed by atoms with Gasteiger partial charge in [-0.3, -0.25) is 19.6 Å². The van der Waals surface area contributed by atoms with Crippen LogP contribution in [0, 0.1) is 0 Å². The summed E-state index contributed by atoms with van der Waals surface area (Å²) in [6.45, 7) is -0.230. The van der Waals surface area contributed by atoms with Gasteiger partial charge in [-0.2, -0.15) is 5.10 Å². The zero-order valence-electron chi connectivity index (χ0n) is 10.7. The molecule has 0 aliphatic carbocycles. The Labute approximate surface area is 117 Å². The van der Waals surface area contributed by atoms with Gasteiger partial charge in [0.05, 0.1) is 12.8 Å². The van der Waals surface area contributed by atoms with Gasteiger partial charge in [0.15, 0.2) is 0 Å². The Bertz CT molecular complexity index is 750. The van der Waals surface area contributed by atoms with Gasteiger partial charge in [0, 0.05) is 18.0 Å². The van der Waals surface area contributed by atoms with Crippen LogP contribution in [0.5, 0.6) is 0 Å². The van der Waals surface area contributed by atoms with Crippen LogP contribution in [-0.4, -0.2) is 38.8 Å². The van der Waals surface area contributed by atoms with E-state index >= 15 is 0 Å². The van der Waals surface area contributed by atoms with Gasteiger partial charge in [-0.1, -0.05) is 6.07 Å². The third-order valence-corrected chi connectivity index (χ3v) is 2.22. The minimum absolute atomic E-state index is 0.166. The predicted molar refractivity (Wildman–Crippen MR) is 73.9 cm³/mol. The number of hydrogen-bond donors (Lipinski definition) is 4. The third-order valence-electron chi connectivity index (χ3n) is 2.22. The molecule has 0 saturated heterocycles. The van der Waals surface area contributed by atoms with Crippen LogP contribution in [0.3, 0.4) is 0 Å². The fourth-order valence-electron chi connectivity index (χ4n) is 1.30. The molecule has 4 N–H and O–H groups in total. The molecular formula is C11H11N7O3. The molecule has 0 aliphatic rings. The van der Waals surface area contributed by atoms with Gasteiger partial charge in [-0.15, -0.1) is 5.10 Å². The van der Waals surface area contributed by atoms with E-state index in [0.717, 1.165) is 5.56 Å². The molecule has 0 spiro atoms. The number of H-pyrrole nitrogens is 2. The van der Waals surface area contributed by atoms with Gasteiger partial charge in [0.25, 0.3) is 11.5 Å². The van der Waals surface area contributed by atoms with E-state index in [0.29, 0.717) is 0 Å². The number of hydrogen-bond acceptors (Lipinski definition) is 7. The molecule has 21 heavy (non-hydrogen) atoms. The van der Waals surface area contributed by atoms with Crippen molar-refractivity contribution in [2.75, 3.05) is 11.9 Å². The van der Waals surface area contributed by atoms with Crippen LogP contribution >= 0.6 is 0 Å². The van der Waals surface area contributed by atoms with Crippen LogP contribution in [-0.2, 0) is 4.79 Å². The van der Waals surface area contributed by atoms with Crippen molar-refractivity contribution in [3.8, 4) is 0 Å². The molecule has 2 aromatic rings. The average molecular weight is 289 g/mol. The van der Waals surface area contributed by atoms with E-state index in [1.165, 1.54) is 6.21 Å². The highest BCUT2D eigenvalue weighted by atomic mass is 16.2. The predicted octanol–water partition coefficient (Wildman–Crippen LogP) is -1.58. The van der Waals surface area contributed by atoms with E-state index in [2.05, 4.69) is 25.9 Å². The minimum atomic E-state index is -0.726. The van der Waals surface area contributed by atoms with Crippen LogP contribution in [0.2, 0.25) is 0 Å². The first-order chi connectivity index (χ1) is 10.1. The number of rotatable bonds is 5. The topological polar surface area (TPSA) is 145 Å². The number of aromatic nitrogens is 4. The van der Waals surface area contributed by atoms with E-state index in [4.69, 9.17) is 0 Å². The summed E-state index contributed by atoms with van der Waals surface area (Å²) < 4.78 is 0. The summed E-state index contributed by atoms with van der Waals surface area (Å²) in [6, 6.07) is 3.50. The van der Waals surface area contributed by atoms with Crippen molar-refractivity contribution < 1.29 is 4.79 Å². The highest BCUT2D eigenvalue weighted by molar-refractivity contribution is 5.83. The van der Waals surface area contributed by atoms with Gasteiger partial charge in [-0.25, -0.2) is 15.3 Å². The molecule has 2 aromatic heterocycles. The van der Waals surface area contributed by atoms with Gasteiger partial charge >= 0.3 is 5.69 Å². The van der Waals surface area contributed by atoms with Crippen LogP contribution in [0.25, 0.3) is 0 Å². The Morgan fingerprint density at radius 2 is 2.29 bits per heavy atom. The normalized spacial score (nSPS) is 10.5. The van der Waals surface area contributed by atoms with Crippen LogP contribution in [0.15, 0.2) is 39.2 Å². The van der Waals surface area contributed by atoms with Gasteiger partial charge in [0.1, 0.15) is 0 Å². The van der Waals surface area contributed by atoms with Crippen molar-refractivity contribution in [1.29, 1.82) is 0 Å². The first-order valence-electron chi connectivity index (χ1n) is 5.80. The lowest BCUT2D eigenvalue weighted by Gasteiger charge is -2.02. The summed E-state index contributed by atoms with van der Waals surface area (Å²) in [6.07, 6.45) is 4.63. The Kier molecular flexibility index (Phi) is 4.54. The first kappa shape index (κ1) is 14.1. The zero-order chi connectivity index (χ0) is 15.1. The monoisotopic (exact) mass is 289 g/mol. The maximum atomic E-state index is 11.5. The maximum absolute atomic E-state index is 11.5. The molecule has 0 unspecified atom stereocenters. The Balaban J connectivity index is 1.84. The second-order valence-corrected chi connectivity index (χ2v) is 3.79. The molecule has 108 valence electrons. The van der Waals surface area contributed by atoms with E-state index < -0.39 is 17.2 Å². The fraction of sp³-hybridized carbons (Fsp3) is 0.0909. The Morgan fingerprint density at radius 1 is 1.43 bits per heavy atom.